The maximum Gasteiger partial charge on any atom is 0.254 e. The Bertz CT molecular complexity index is 1030. The second-order valence-corrected chi connectivity index (χ2v) is 6.19. The van der Waals surface area contributed by atoms with Gasteiger partial charge in [-0.3, -0.25) is 9.59 Å². The van der Waals surface area contributed by atoms with E-state index in [1.165, 1.54) is 19.1 Å². The third-order valence-corrected chi connectivity index (χ3v) is 4.27. The lowest BCUT2D eigenvalue weighted by Gasteiger charge is -2.18. The lowest BCUT2D eigenvalue weighted by atomic mass is 10.1. The number of aryl methyl sites for hydroxylation is 1. The maximum atomic E-state index is 12.7. The van der Waals surface area contributed by atoms with Crippen LogP contribution in [0.3, 0.4) is 0 Å². The molecule has 0 saturated carbocycles. The van der Waals surface area contributed by atoms with Gasteiger partial charge in [0.15, 0.2) is 0 Å². The van der Waals surface area contributed by atoms with Crippen molar-refractivity contribution in [2.75, 3.05) is 33.1 Å². The van der Waals surface area contributed by atoms with Crippen molar-refractivity contribution in [1.82, 2.24) is 19.9 Å². The standard InChI is InChI=1S/C19H21N5O4/c1-23(19(26)12-5-7-16-14(9-12)21-22-24(16)2)11-18(25)20-15-10-13(27-3)6-8-17(15)28-4/h5-10H,11H2,1-4H3,(H,20,25). The summed E-state index contributed by atoms with van der Waals surface area (Å²) in [7, 11) is 6.38. The lowest BCUT2D eigenvalue weighted by Crippen LogP contribution is -2.35. The minimum Gasteiger partial charge on any atom is -0.497 e. The molecule has 146 valence electrons. The average Bonchev–Trinajstić information content (AvgIpc) is 3.07. The van der Waals surface area contributed by atoms with Gasteiger partial charge >= 0.3 is 0 Å². The molecule has 0 aliphatic carbocycles. The summed E-state index contributed by atoms with van der Waals surface area (Å²) in [5.41, 5.74) is 2.34. The summed E-state index contributed by atoms with van der Waals surface area (Å²) in [6.07, 6.45) is 0. The van der Waals surface area contributed by atoms with Crippen LogP contribution in [0, 0.1) is 0 Å². The van der Waals surface area contributed by atoms with Gasteiger partial charge in [-0.1, -0.05) is 5.21 Å². The molecule has 1 N–H and O–H groups in total. The lowest BCUT2D eigenvalue weighted by molar-refractivity contribution is -0.116. The van der Waals surface area contributed by atoms with Crippen LogP contribution in [0.5, 0.6) is 11.5 Å². The van der Waals surface area contributed by atoms with Crippen molar-refractivity contribution in [1.29, 1.82) is 0 Å². The minimum absolute atomic E-state index is 0.127. The molecule has 0 fully saturated rings. The van der Waals surface area contributed by atoms with Crippen molar-refractivity contribution in [3.63, 3.8) is 0 Å². The highest BCUT2D eigenvalue weighted by Crippen LogP contribution is 2.28. The van der Waals surface area contributed by atoms with Crippen molar-refractivity contribution < 1.29 is 19.1 Å². The van der Waals surface area contributed by atoms with Gasteiger partial charge in [-0.2, -0.15) is 0 Å². The van der Waals surface area contributed by atoms with Crippen molar-refractivity contribution in [3.05, 3.63) is 42.0 Å². The van der Waals surface area contributed by atoms with Gasteiger partial charge in [-0.15, -0.1) is 5.10 Å². The number of rotatable bonds is 6. The molecule has 0 unspecified atom stereocenters. The zero-order valence-electron chi connectivity index (χ0n) is 16.1. The number of carbonyl (C=O) groups excluding carboxylic acids is 2. The fraction of sp³-hybridized carbons (Fsp3) is 0.263. The topological polar surface area (TPSA) is 98.6 Å². The summed E-state index contributed by atoms with van der Waals surface area (Å²) in [4.78, 5) is 26.4. The molecule has 0 saturated heterocycles. The molecule has 0 radical (unpaired) electrons. The predicted octanol–water partition coefficient (Wildman–Crippen LogP) is 1.70. The van der Waals surface area contributed by atoms with Crippen molar-refractivity contribution in [2.24, 2.45) is 7.05 Å². The Labute approximate surface area is 161 Å². The molecule has 0 spiro atoms. The number of amides is 2. The Kier molecular flexibility index (Phi) is 5.44. The molecule has 3 rings (SSSR count). The molecule has 0 aliphatic rings. The highest BCUT2D eigenvalue weighted by atomic mass is 16.5. The van der Waals surface area contributed by atoms with Crippen LogP contribution in [0.15, 0.2) is 36.4 Å². The SMILES string of the molecule is COc1ccc(OC)c(NC(=O)CN(C)C(=O)c2ccc3c(c2)nnn3C)c1. The predicted molar refractivity (Wildman–Crippen MR) is 104 cm³/mol. The van der Waals surface area contributed by atoms with Crippen LogP contribution in [-0.4, -0.2) is 59.5 Å². The molecule has 0 aliphatic heterocycles. The molecule has 0 atom stereocenters. The fourth-order valence-corrected chi connectivity index (χ4v) is 2.78. The van der Waals surface area contributed by atoms with Gasteiger partial charge in [0.25, 0.3) is 5.91 Å². The molecule has 0 bridgehead atoms. The Morgan fingerprint density at radius 3 is 2.64 bits per heavy atom. The van der Waals surface area contributed by atoms with E-state index in [4.69, 9.17) is 9.47 Å². The number of methoxy groups -OCH3 is 2. The molecule has 1 aromatic heterocycles. The Morgan fingerprint density at radius 1 is 1.14 bits per heavy atom. The van der Waals surface area contributed by atoms with Crippen LogP contribution in [0.25, 0.3) is 11.0 Å². The number of ether oxygens (including phenoxy) is 2. The van der Waals surface area contributed by atoms with E-state index in [1.807, 2.05) is 0 Å². The van der Waals surface area contributed by atoms with E-state index in [0.29, 0.717) is 28.3 Å². The summed E-state index contributed by atoms with van der Waals surface area (Å²) in [6.45, 7) is -0.127. The van der Waals surface area contributed by atoms with Crippen LogP contribution in [0.2, 0.25) is 0 Å². The first kappa shape index (κ1) is 19.2. The summed E-state index contributed by atoms with van der Waals surface area (Å²) in [5, 5.41) is 10.7. The number of hydrogen-bond donors (Lipinski definition) is 1. The van der Waals surface area contributed by atoms with E-state index in [-0.39, 0.29) is 18.4 Å². The average molecular weight is 383 g/mol. The number of likely N-dealkylation sites (N-methyl/N-ethyl adjacent to an activating group) is 1. The van der Waals surface area contributed by atoms with Gasteiger partial charge in [-0.25, -0.2) is 4.68 Å². The summed E-state index contributed by atoms with van der Waals surface area (Å²) in [5.74, 6) is 0.428. The van der Waals surface area contributed by atoms with E-state index in [2.05, 4.69) is 15.6 Å². The van der Waals surface area contributed by atoms with E-state index < -0.39 is 0 Å². The van der Waals surface area contributed by atoms with Gasteiger partial charge in [0.2, 0.25) is 5.91 Å². The summed E-state index contributed by atoms with van der Waals surface area (Å²) < 4.78 is 12.0. The molecule has 2 amide bonds. The second kappa shape index (κ2) is 7.95. The first-order valence-electron chi connectivity index (χ1n) is 8.49. The molecule has 9 nitrogen and oxygen atoms in total. The Hall–Kier alpha value is -3.62. The van der Waals surface area contributed by atoms with E-state index in [1.54, 1.807) is 55.2 Å². The number of aromatic nitrogens is 3. The number of fused-ring (bicyclic) bond motifs is 1. The van der Waals surface area contributed by atoms with Gasteiger partial charge in [-0.05, 0) is 30.3 Å². The second-order valence-electron chi connectivity index (χ2n) is 6.19. The van der Waals surface area contributed by atoms with Crippen LogP contribution >= 0.6 is 0 Å². The smallest absolute Gasteiger partial charge is 0.254 e. The van der Waals surface area contributed by atoms with E-state index >= 15 is 0 Å². The first-order chi connectivity index (χ1) is 13.4. The highest BCUT2D eigenvalue weighted by Gasteiger charge is 2.17. The van der Waals surface area contributed by atoms with Gasteiger partial charge in [0, 0.05) is 25.7 Å². The number of nitrogens with zero attached hydrogens (tertiary/aromatic N) is 4. The van der Waals surface area contributed by atoms with Crippen molar-refractivity contribution in [2.45, 2.75) is 0 Å². The molecule has 1 heterocycles. The molecular formula is C19H21N5O4. The molecular weight excluding hydrogens is 362 g/mol. The number of hydrogen-bond acceptors (Lipinski definition) is 6. The van der Waals surface area contributed by atoms with Crippen molar-refractivity contribution in [3.8, 4) is 11.5 Å². The Balaban J connectivity index is 1.70. The number of benzene rings is 2. The van der Waals surface area contributed by atoms with Crippen LogP contribution in [0.1, 0.15) is 10.4 Å². The monoisotopic (exact) mass is 383 g/mol. The molecule has 2 aromatic carbocycles. The highest BCUT2D eigenvalue weighted by molar-refractivity contribution is 6.01. The van der Waals surface area contributed by atoms with Crippen LogP contribution in [0.4, 0.5) is 5.69 Å². The minimum atomic E-state index is -0.358. The molecule has 9 heteroatoms. The quantitative estimate of drug-likeness (QED) is 0.696. The molecule has 28 heavy (non-hydrogen) atoms. The third-order valence-electron chi connectivity index (χ3n) is 4.27. The van der Waals surface area contributed by atoms with Gasteiger partial charge in [0.05, 0.1) is 32.0 Å². The number of carbonyl (C=O) groups is 2. The van der Waals surface area contributed by atoms with E-state index in [0.717, 1.165) is 5.52 Å². The zero-order chi connectivity index (χ0) is 20.3. The summed E-state index contributed by atoms with van der Waals surface area (Å²) >= 11 is 0. The number of nitrogens with one attached hydrogen (secondary N) is 1. The van der Waals surface area contributed by atoms with Crippen LogP contribution in [-0.2, 0) is 11.8 Å². The zero-order valence-corrected chi connectivity index (χ0v) is 16.1. The third kappa shape index (κ3) is 3.88. The molecule has 3 aromatic rings. The first-order valence-corrected chi connectivity index (χ1v) is 8.49. The fourth-order valence-electron chi connectivity index (χ4n) is 2.78. The van der Waals surface area contributed by atoms with Gasteiger partial charge < -0.3 is 19.7 Å². The maximum absolute atomic E-state index is 12.7. The normalized spacial score (nSPS) is 10.6. The van der Waals surface area contributed by atoms with E-state index in [9.17, 15) is 9.59 Å². The van der Waals surface area contributed by atoms with Crippen LogP contribution < -0.4 is 14.8 Å². The Morgan fingerprint density at radius 2 is 1.93 bits per heavy atom. The van der Waals surface area contributed by atoms with Gasteiger partial charge in [0.1, 0.15) is 17.0 Å². The summed E-state index contributed by atoms with van der Waals surface area (Å²) in [6, 6.07) is 10.2. The number of anilines is 1. The largest absolute Gasteiger partial charge is 0.497 e. The van der Waals surface area contributed by atoms with Crippen molar-refractivity contribution >= 4 is 28.5 Å².